The maximum Gasteiger partial charge on any atom is 0.254 e. The van der Waals surface area contributed by atoms with Crippen molar-refractivity contribution >= 4 is 28.5 Å². The molecule has 2 aromatic carbocycles. The molecule has 0 radical (unpaired) electrons. The van der Waals surface area contributed by atoms with E-state index < -0.39 is 0 Å². The van der Waals surface area contributed by atoms with E-state index >= 15 is 0 Å². The van der Waals surface area contributed by atoms with Crippen molar-refractivity contribution in [2.45, 2.75) is 51.6 Å². The number of nitrogens with zero attached hydrogens (tertiary/aromatic N) is 2. The highest BCUT2D eigenvalue weighted by Crippen LogP contribution is 2.28. The van der Waals surface area contributed by atoms with E-state index in [1.807, 2.05) is 11.5 Å². The van der Waals surface area contributed by atoms with Gasteiger partial charge >= 0.3 is 0 Å². The number of hydrogen-bond acceptors (Lipinski definition) is 4. The summed E-state index contributed by atoms with van der Waals surface area (Å²) in [6, 6.07) is 9.23. The molecule has 1 atom stereocenters. The fourth-order valence-electron chi connectivity index (χ4n) is 4.53. The SMILES string of the molecule is COCCn1cnc2cc(NC(=O)C3CCCCC3)cc(C(=O)NC(C)c3ccc(F)cc3)c21. The predicted octanol–water partition coefficient (Wildman–Crippen LogP) is 4.83. The number of carbonyl (C=O) groups is 2. The topological polar surface area (TPSA) is 85.2 Å². The van der Waals surface area contributed by atoms with E-state index in [0.717, 1.165) is 31.2 Å². The van der Waals surface area contributed by atoms with Crippen molar-refractivity contribution in [3.8, 4) is 0 Å². The smallest absolute Gasteiger partial charge is 0.254 e. The number of rotatable bonds is 8. The first-order chi connectivity index (χ1) is 16.5. The van der Waals surface area contributed by atoms with Crippen LogP contribution in [0.1, 0.15) is 61.0 Å². The molecule has 34 heavy (non-hydrogen) atoms. The van der Waals surface area contributed by atoms with Gasteiger partial charge in [0, 0.05) is 25.3 Å². The van der Waals surface area contributed by atoms with Gasteiger partial charge < -0.3 is 19.9 Å². The van der Waals surface area contributed by atoms with Crippen LogP contribution >= 0.6 is 0 Å². The maximum absolute atomic E-state index is 13.4. The number of aromatic nitrogens is 2. The van der Waals surface area contributed by atoms with Crippen molar-refractivity contribution in [1.29, 1.82) is 0 Å². The molecule has 0 saturated heterocycles. The standard InChI is InChI=1S/C26H31FN4O3/c1-17(18-8-10-20(27)11-9-18)29-26(33)22-14-21(30-25(32)19-6-4-3-5-7-19)15-23-24(22)31(16-28-23)12-13-34-2/h8-11,14-17,19H,3-7,12-13H2,1-2H3,(H,29,33)(H,30,32). The third-order valence-corrected chi connectivity index (χ3v) is 6.46. The Morgan fingerprint density at radius 3 is 2.62 bits per heavy atom. The third kappa shape index (κ3) is 5.44. The number of nitrogens with one attached hydrogen (secondary N) is 2. The molecule has 1 heterocycles. The average molecular weight is 467 g/mol. The Morgan fingerprint density at radius 1 is 1.18 bits per heavy atom. The van der Waals surface area contributed by atoms with Crippen LogP contribution in [0.4, 0.5) is 10.1 Å². The summed E-state index contributed by atoms with van der Waals surface area (Å²) in [7, 11) is 1.62. The van der Waals surface area contributed by atoms with E-state index in [9.17, 15) is 14.0 Å². The van der Waals surface area contributed by atoms with Gasteiger partial charge in [0.2, 0.25) is 5.91 Å². The molecule has 3 aromatic rings. The molecular weight excluding hydrogens is 435 g/mol. The van der Waals surface area contributed by atoms with Crippen molar-refractivity contribution in [3.05, 3.63) is 59.7 Å². The monoisotopic (exact) mass is 466 g/mol. The summed E-state index contributed by atoms with van der Waals surface area (Å²) >= 11 is 0. The van der Waals surface area contributed by atoms with E-state index in [1.54, 1.807) is 37.7 Å². The highest BCUT2D eigenvalue weighted by atomic mass is 19.1. The largest absolute Gasteiger partial charge is 0.383 e. The lowest BCUT2D eigenvalue weighted by Gasteiger charge is -2.21. The van der Waals surface area contributed by atoms with Crippen molar-refractivity contribution < 1.29 is 18.7 Å². The van der Waals surface area contributed by atoms with E-state index in [1.165, 1.54) is 18.6 Å². The summed E-state index contributed by atoms with van der Waals surface area (Å²) in [5.41, 5.74) is 3.06. The molecule has 1 saturated carbocycles. The van der Waals surface area contributed by atoms with Crippen LogP contribution in [0.2, 0.25) is 0 Å². The van der Waals surface area contributed by atoms with Gasteiger partial charge in [-0.2, -0.15) is 0 Å². The summed E-state index contributed by atoms with van der Waals surface area (Å²) in [6.07, 6.45) is 6.76. The van der Waals surface area contributed by atoms with Crippen molar-refractivity contribution in [1.82, 2.24) is 14.9 Å². The molecule has 1 aliphatic rings. The fraction of sp³-hybridized carbons (Fsp3) is 0.423. The van der Waals surface area contributed by atoms with Crippen LogP contribution in [0.15, 0.2) is 42.7 Å². The average Bonchev–Trinajstić information content (AvgIpc) is 3.25. The molecule has 4 rings (SSSR count). The summed E-state index contributed by atoms with van der Waals surface area (Å²) in [5.74, 6) is -0.634. The number of imidazole rings is 1. The van der Waals surface area contributed by atoms with Gasteiger partial charge in [0.1, 0.15) is 5.82 Å². The minimum atomic E-state index is -0.334. The van der Waals surface area contributed by atoms with Crippen molar-refractivity contribution in [2.75, 3.05) is 19.0 Å². The number of anilines is 1. The fourth-order valence-corrected chi connectivity index (χ4v) is 4.53. The van der Waals surface area contributed by atoms with Gasteiger partial charge in [-0.05, 0) is 49.6 Å². The molecule has 1 unspecified atom stereocenters. The van der Waals surface area contributed by atoms with Gasteiger partial charge in [-0.25, -0.2) is 9.37 Å². The van der Waals surface area contributed by atoms with E-state index in [0.29, 0.717) is 35.4 Å². The second kappa shape index (κ2) is 10.8. The molecule has 2 amide bonds. The molecule has 180 valence electrons. The van der Waals surface area contributed by atoms with Crippen LogP contribution in [0.3, 0.4) is 0 Å². The minimum Gasteiger partial charge on any atom is -0.383 e. The summed E-state index contributed by atoms with van der Waals surface area (Å²) in [4.78, 5) is 30.7. The zero-order valence-corrected chi connectivity index (χ0v) is 19.6. The number of halogens is 1. The highest BCUT2D eigenvalue weighted by molar-refractivity contribution is 6.07. The van der Waals surface area contributed by atoms with Crippen LogP contribution in [0, 0.1) is 11.7 Å². The molecule has 0 bridgehead atoms. The van der Waals surface area contributed by atoms with Crippen LogP contribution in [0.25, 0.3) is 11.0 Å². The Labute approximate surface area is 198 Å². The lowest BCUT2D eigenvalue weighted by atomic mass is 9.88. The number of methoxy groups -OCH3 is 1. The van der Waals surface area contributed by atoms with Crippen LogP contribution in [-0.4, -0.2) is 35.1 Å². The number of benzene rings is 2. The Balaban J connectivity index is 1.63. The molecule has 2 N–H and O–H groups in total. The normalized spacial score (nSPS) is 15.3. The zero-order valence-electron chi connectivity index (χ0n) is 19.6. The number of amides is 2. The highest BCUT2D eigenvalue weighted by Gasteiger charge is 2.23. The van der Waals surface area contributed by atoms with Crippen LogP contribution < -0.4 is 10.6 Å². The molecule has 1 aliphatic carbocycles. The molecule has 1 fully saturated rings. The molecule has 7 nitrogen and oxygen atoms in total. The second-order valence-electron chi connectivity index (χ2n) is 8.89. The van der Waals surface area contributed by atoms with Gasteiger partial charge in [-0.3, -0.25) is 9.59 Å². The predicted molar refractivity (Wildman–Crippen MR) is 129 cm³/mol. The van der Waals surface area contributed by atoms with Gasteiger partial charge in [-0.1, -0.05) is 31.4 Å². The third-order valence-electron chi connectivity index (χ3n) is 6.46. The molecule has 1 aromatic heterocycles. The summed E-state index contributed by atoms with van der Waals surface area (Å²) < 4.78 is 20.4. The summed E-state index contributed by atoms with van der Waals surface area (Å²) in [5, 5.41) is 6.00. The van der Waals surface area contributed by atoms with E-state index in [-0.39, 0.29) is 29.6 Å². The first kappa shape index (κ1) is 23.9. The van der Waals surface area contributed by atoms with Gasteiger partial charge in [0.15, 0.2) is 0 Å². The lowest BCUT2D eigenvalue weighted by Crippen LogP contribution is -2.28. The number of fused-ring (bicyclic) bond motifs is 1. The first-order valence-electron chi connectivity index (χ1n) is 11.8. The quantitative estimate of drug-likeness (QED) is 0.498. The molecule has 0 spiro atoms. The van der Waals surface area contributed by atoms with Gasteiger partial charge in [0.25, 0.3) is 5.91 Å². The van der Waals surface area contributed by atoms with E-state index in [2.05, 4.69) is 15.6 Å². The van der Waals surface area contributed by atoms with Crippen molar-refractivity contribution in [2.24, 2.45) is 5.92 Å². The molecule has 0 aliphatic heterocycles. The van der Waals surface area contributed by atoms with E-state index in [4.69, 9.17) is 4.74 Å². The number of ether oxygens (including phenoxy) is 1. The zero-order chi connectivity index (χ0) is 24.1. The van der Waals surface area contributed by atoms with Gasteiger partial charge in [-0.15, -0.1) is 0 Å². The Bertz CT molecular complexity index is 1150. The second-order valence-corrected chi connectivity index (χ2v) is 8.89. The maximum atomic E-state index is 13.4. The Morgan fingerprint density at radius 2 is 1.91 bits per heavy atom. The Hall–Kier alpha value is -3.26. The lowest BCUT2D eigenvalue weighted by molar-refractivity contribution is -0.120. The molecule has 8 heteroatoms. The van der Waals surface area contributed by atoms with Gasteiger partial charge in [0.05, 0.1) is 35.6 Å². The van der Waals surface area contributed by atoms with Crippen LogP contribution in [-0.2, 0) is 16.1 Å². The first-order valence-corrected chi connectivity index (χ1v) is 11.8. The van der Waals surface area contributed by atoms with Crippen molar-refractivity contribution in [3.63, 3.8) is 0 Å². The number of carbonyl (C=O) groups excluding carboxylic acids is 2. The number of hydrogen-bond donors (Lipinski definition) is 2. The Kier molecular flexibility index (Phi) is 7.57. The molecular formula is C26H31FN4O3. The minimum absolute atomic E-state index is 0.000479. The summed E-state index contributed by atoms with van der Waals surface area (Å²) in [6.45, 7) is 2.85. The van der Waals surface area contributed by atoms with Crippen LogP contribution in [0.5, 0.6) is 0 Å².